The van der Waals surface area contributed by atoms with E-state index in [4.69, 9.17) is 0 Å². The molecule has 1 N–H and O–H groups in total. The SMILES string of the molecule is CCCc1nc(Cn2cc(CNC(C)(C)C)nn2)cs1. The van der Waals surface area contributed by atoms with Gasteiger partial charge in [-0.1, -0.05) is 12.1 Å². The van der Waals surface area contributed by atoms with E-state index in [0.29, 0.717) is 6.54 Å². The van der Waals surface area contributed by atoms with Crippen molar-refractivity contribution in [1.82, 2.24) is 25.3 Å². The van der Waals surface area contributed by atoms with Crippen LogP contribution in [0, 0.1) is 0 Å². The number of nitrogens with zero attached hydrogens (tertiary/aromatic N) is 4. The topological polar surface area (TPSA) is 55.6 Å². The van der Waals surface area contributed by atoms with Crippen LogP contribution in [0.1, 0.15) is 50.5 Å². The molecule has 0 saturated carbocycles. The third kappa shape index (κ3) is 4.68. The van der Waals surface area contributed by atoms with E-state index >= 15 is 0 Å². The zero-order chi connectivity index (χ0) is 14.6. The molecule has 2 rings (SSSR count). The Labute approximate surface area is 124 Å². The molecule has 0 aliphatic heterocycles. The smallest absolute Gasteiger partial charge is 0.0965 e. The van der Waals surface area contributed by atoms with Crippen LogP contribution in [0.25, 0.3) is 0 Å². The fourth-order valence-electron chi connectivity index (χ4n) is 1.77. The highest BCUT2D eigenvalue weighted by atomic mass is 32.1. The molecule has 0 saturated heterocycles. The van der Waals surface area contributed by atoms with E-state index in [1.54, 1.807) is 11.3 Å². The third-order valence-corrected chi connectivity index (χ3v) is 3.73. The Morgan fingerprint density at radius 3 is 2.80 bits per heavy atom. The summed E-state index contributed by atoms with van der Waals surface area (Å²) in [4.78, 5) is 4.60. The van der Waals surface area contributed by atoms with Gasteiger partial charge in [0, 0.05) is 17.5 Å². The first-order chi connectivity index (χ1) is 9.46. The Morgan fingerprint density at radius 1 is 1.30 bits per heavy atom. The minimum Gasteiger partial charge on any atom is -0.306 e. The molecule has 0 aromatic carbocycles. The highest BCUT2D eigenvalue weighted by Crippen LogP contribution is 2.12. The van der Waals surface area contributed by atoms with Crippen molar-refractivity contribution in [3.8, 4) is 0 Å². The predicted molar refractivity (Wildman–Crippen MR) is 81.8 cm³/mol. The van der Waals surface area contributed by atoms with Crippen molar-refractivity contribution < 1.29 is 0 Å². The number of aryl methyl sites for hydroxylation is 1. The Bertz CT molecular complexity index is 538. The normalized spacial score (nSPS) is 12.0. The molecule has 0 fully saturated rings. The van der Waals surface area contributed by atoms with Crippen molar-refractivity contribution in [3.05, 3.63) is 28.0 Å². The molecule has 2 heterocycles. The fourth-order valence-corrected chi connectivity index (χ4v) is 2.66. The lowest BCUT2D eigenvalue weighted by molar-refractivity contribution is 0.421. The molecule has 0 radical (unpaired) electrons. The van der Waals surface area contributed by atoms with Gasteiger partial charge < -0.3 is 5.32 Å². The molecule has 2 aromatic rings. The van der Waals surface area contributed by atoms with Crippen LogP contribution in [-0.2, 0) is 19.5 Å². The number of hydrogen-bond donors (Lipinski definition) is 1. The van der Waals surface area contributed by atoms with Gasteiger partial charge in [-0.3, -0.25) is 0 Å². The summed E-state index contributed by atoms with van der Waals surface area (Å²) >= 11 is 1.73. The fraction of sp³-hybridized carbons (Fsp3) is 0.643. The van der Waals surface area contributed by atoms with Crippen molar-refractivity contribution in [2.45, 2.75) is 59.2 Å². The average Bonchev–Trinajstić information content (AvgIpc) is 2.97. The molecular formula is C14H23N5S. The number of aromatic nitrogens is 4. The summed E-state index contributed by atoms with van der Waals surface area (Å²) in [5.74, 6) is 0. The van der Waals surface area contributed by atoms with E-state index in [2.05, 4.69) is 53.7 Å². The first-order valence-corrected chi connectivity index (χ1v) is 7.91. The van der Waals surface area contributed by atoms with Gasteiger partial charge >= 0.3 is 0 Å². The second-order valence-corrected chi connectivity index (χ2v) is 6.94. The van der Waals surface area contributed by atoms with Gasteiger partial charge in [-0.15, -0.1) is 16.4 Å². The zero-order valence-electron chi connectivity index (χ0n) is 12.7. The minimum atomic E-state index is 0.0910. The van der Waals surface area contributed by atoms with Gasteiger partial charge in [0.25, 0.3) is 0 Å². The summed E-state index contributed by atoms with van der Waals surface area (Å²) in [6.07, 6.45) is 4.18. The van der Waals surface area contributed by atoms with E-state index in [0.717, 1.165) is 30.8 Å². The highest BCUT2D eigenvalue weighted by Gasteiger charge is 2.10. The van der Waals surface area contributed by atoms with Crippen molar-refractivity contribution in [1.29, 1.82) is 0 Å². The summed E-state index contributed by atoms with van der Waals surface area (Å²) in [6.45, 7) is 10.0. The van der Waals surface area contributed by atoms with E-state index in [9.17, 15) is 0 Å². The largest absolute Gasteiger partial charge is 0.306 e. The van der Waals surface area contributed by atoms with Crippen molar-refractivity contribution >= 4 is 11.3 Å². The van der Waals surface area contributed by atoms with Crippen LogP contribution < -0.4 is 5.32 Å². The molecule has 0 spiro atoms. The van der Waals surface area contributed by atoms with Crippen molar-refractivity contribution in [2.24, 2.45) is 0 Å². The van der Waals surface area contributed by atoms with Crippen molar-refractivity contribution in [3.63, 3.8) is 0 Å². The van der Waals surface area contributed by atoms with Crippen molar-refractivity contribution in [2.75, 3.05) is 0 Å². The Morgan fingerprint density at radius 2 is 2.10 bits per heavy atom. The quantitative estimate of drug-likeness (QED) is 0.889. The number of hydrogen-bond acceptors (Lipinski definition) is 5. The Kier molecular flexibility index (Phi) is 4.88. The van der Waals surface area contributed by atoms with Gasteiger partial charge in [0.05, 0.1) is 29.1 Å². The second-order valence-electron chi connectivity index (χ2n) is 5.99. The second kappa shape index (κ2) is 6.45. The van der Waals surface area contributed by atoms with Gasteiger partial charge in [-0.05, 0) is 33.6 Å². The maximum absolute atomic E-state index is 4.60. The number of nitrogens with one attached hydrogen (secondary N) is 1. The van der Waals surface area contributed by atoms with Crippen LogP contribution in [0.2, 0.25) is 0 Å². The molecule has 0 aliphatic rings. The molecule has 0 amide bonds. The average molecular weight is 293 g/mol. The Balaban J connectivity index is 1.91. The summed E-state index contributed by atoms with van der Waals surface area (Å²) < 4.78 is 1.85. The summed E-state index contributed by atoms with van der Waals surface area (Å²) in [5, 5.41) is 15.1. The van der Waals surface area contributed by atoms with Crippen LogP contribution in [-0.4, -0.2) is 25.5 Å². The summed E-state index contributed by atoms with van der Waals surface area (Å²) in [7, 11) is 0. The third-order valence-electron chi connectivity index (χ3n) is 2.77. The van der Waals surface area contributed by atoms with Gasteiger partial charge in [0.2, 0.25) is 0 Å². The first-order valence-electron chi connectivity index (χ1n) is 7.03. The van der Waals surface area contributed by atoms with Gasteiger partial charge in [-0.25, -0.2) is 9.67 Å². The molecule has 0 aliphatic carbocycles. The number of rotatable bonds is 6. The minimum absolute atomic E-state index is 0.0910. The lowest BCUT2D eigenvalue weighted by atomic mass is 10.1. The summed E-state index contributed by atoms with van der Waals surface area (Å²) in [6, 6.07) is 0. The van der Waals surface area contributed by atoms with E-state index in [-0.39, 0.29) is 5.54 Å². The lowest BCUT2D eigenvalue weighted by Crippen LogP contribution is -2.35. The molecule has 2 aromatic heterocycles. The molecule has 0 bridgehead atoms. The maximum atomic E-state index is 4.60. The summed E-state index contributed by atoms with van der Waals surface area (Å²) in [5.41, 5.74) is 2.12. The van der Waals surface area contributed by atoms with Gasteiger partial charge in [-0.2, -0.15) is 0 Å². The maximum Gasteiger partial charge on any atom is 0.0965 e. The molecule has 6 heteroatoms. The molecular weight excluding hydrogens is 270 g/mol. The standard InChI is InChI=1S/C14H23N5S/c1-5-6-13-16-12(10-20-13)9-19-8-11(17-18-19)7-15-14(2,3)4/h8,10,15H,5-7,9H2,1-4H3. The predicted octanol–water partition coefficient (Wildman–Crippen LogP) is 2.62. The van der Waals surface area contributed by atoms with E-state index in [1.807, 2.05) is 10.9 Å². The molecule has 0 unspecified atom stereocenters. The van der Waals surface area contributed by atoms with E-state index in [1.165, 1.54) is 5.01 Å². The molecule has 5 nitrogen and oxygen atoms in total. The van der Waals surface area contributed by atoms with Crippen LogP contribution in [0.3, 0.4) is 0 Å². The number of thiazole rings is 1. The molecule has 0 atom stereocenters. The molecule has 20 heavy (non-hydrogen) atoms. The first kappa shape index (κ1) is 15.1. The van der Waals surface area contributed by atoms with Crippen LogP contribution >= 0.6 is 11.3 Å². The van der Waals surface area contributed by atoms with Crippen LogP contribution in [0.5, 0.6) is 0 Å². The van der Waals surface area contributed by atoms with Crippen LogP contribution in [0.15, 0.2) is 11.6 Å². The lowest BCUT2D eigenvalue weighted by Gasteiger charge is -2.19. The molecule has 110 valence electrons. The van der Waals surface area contributed by atoms with Crippen LogP contribution in [0.4, 0.5) is 0 Å². The monoisotopic (exact) mass is 293 g/mol. The zero-order valence-corrected chi connectivity index (χ0v) is 13.5. The van der Waals surface area contributed by atoms with Gasteiger partial charge in [0.1, 0.15) is 0 Å². The van der Waals surface area contributed by atoms with Gasteiger partial charge in [0.15, 0.2) is 0 Å². The Hall–Kier alpha value is -1.27. The van der Waals surface area contributed by atoms with E-state index < -0.39 is 0 Å². The highest BCUT2D eigenvalue weighted by molar-refractivity contribution is 7.09.